The van der Waals surface area contributed by atoms with Crippen LogP contribution in [0.25, 0.3) is 0 Å². The van der Waals surface area contributed by atoms with E-state index >= 15 is 0 Å². The molecule has 92 valence electrons. The zero-order valence-electron chi connectivity index (χ0n) is 9.81. The van der Waals surface area contributed by atoms with E-state index in [1.807, 2.05) is 0 Å². The van der Waals surface area contributed by atoms with Crippen molar-refractivity contribution in [3.05, 3.63) is 0 Å². The summed E-state index contributed by atoms with van der Waals surface area (Å²) >= 11 is 0. The Balaban J connectivity index is 2.58. The second-order valence-electron chi connectivity index (χ2n) is 4.06. The Hall–Kier alpha value is -1.10. The number of likely N-dealkylation sites (N-methyl/N-ethyl adjacent to an activating group) is 1. The molecule has 5 heteroatoms. The summed E-state index contributed by atoms with van der Waals surface area (Å²) in [5.74, 6) is -1.52. The van der Waals surface area contributed by atoms with E-state index in [0.29, 0.717) is 6.42 Å². The summed E-state index contributed by atoms with van der Waals surface area (Å²) in [6, 6.07) is -0.259. The number of amides is 1. The van der Waals surface area contributed by atoms with Crippen LogP contribution in [0.2, 0.25) is 0 Å². The van der Waals surface area contributed by atoms with Crippen LogP contribution in [0.15, 0.2) is 0 Å². The first-order valence-electron chi connectivity index (χ1n) is 5.70. The molecule has 1 aliphatic carbocycles. The van der Waals surface area contributed by atoms with Gasteiger partial charge in [-0.25, -0.2) is 4.79 Å². The number of hydrogen-bond acceptors (Lipinski definition) is 4. The van der Waals surface area contributed by atoms with Crippen molar-refractivity contribution in [1.82, 2.24) is 4.90 Å². The van der Waals surface area contributed by atoms with Crippen LogP contribution in [0.3, 0.4) is 0 Å². The first kappa shape index (κ1) is 13.0. The lowest BCUT2D eigenvalue weighted by Gasteiger charge is -2.34. The number of hydrogen-bond donors (Lipinski definition) is 1. The van der Waals surface area contributed by atoms with Crippen LogP contribution >= 0.6 is 0 Å². The Morgan fingerprint density at radius 1 is 1.38 bits per heavy atom. The molecule has 0 saturated heterocycles. The van der Waals surface area contributed by atoms with E-state index < -0.39 is 18.0 Å². The number of esters is 1. The average molecular weight is 229 g/mol. The summed E-state index contributed by atoms with van der Waals surface area (Å²) in [7, 11) is 1.54. The molecule has 1 aliphatic rings. The monoisotopic (exact) mass is 229 g/mol. The van der Waals surface area contributed by atoms with Crippen LogP contribution in [0.1, 0.15) is 32.6 Å². The second kappa shape index (κ2) is 5.84. The van der Waals surface area contributed by atoms with Crippen molar-refractivity contribution in [2.75, 3.05) is 13.7 Å². The van der Waals surface area contributed by atoms with Gasteiger partial charge in [0.05, 0.1) is 18.8 Å². The van der Waals surface area contributed by atoms with Crippen LogP contribution < -0.4 is 0 Å². The minimum Gasteiger partial charge on any atom is -0.459 e. The standard InChI is InChI=1S/C11H19NO4/c1-3-16-11(15)10(14)12(2)8-6-4-5-7-9(8)13/h8-9,13H,3-7H2,1-2H3. The molecule has 0 aromatic rings. The summed E-state index contributed by atoms with van der Waals surface area (Å²) in [6.07, 6.45) is 2.84. The second-order valence-corrected chi connectivity index (χ2v) is 4.06. The van der Waals surface area contributed by atoms with Crippen molar-refractivity contribution in [3.8, 4) is 0 Å². The number of carbonyl (C=O) groups excluding carboxylic acids is 2. The maximum Gasteiger partial charge on any atom is 0.397 e. The minimum absolute atomic E-state index is 0.186. The Kier molecular flexibility index (Phi) is 4.73. The fourth-order valence-electron chi connectivity index (χ4n) is 2.03. The summed E-state index contributed by atoms with van der Waals surface area (Å²) < 4.78 is 4.64. The fraction of sp³-hybridized carbons (Fsp3) is 0.818. The van der Waals surface area contributed by atoms with Crippen LogP contribution in [-0.2, 0) is 14.3 Å². The van der Waals surface area contributed by atoms with Crippen LogP contribution in [-0.4, -0.2) is 47.7 Å². The van der Waals surface area contributed by atoms with Gasteiger partial charge in [-0.2, -0.15) is 0 Å². The molecular weight excluding hydrogens is 210 g/mol. The SMILES string of the molecule is CCOC(=O)C(=O)N(C)C1CCCCC1O. The molecule has 0 aromatic heterocycles. The molecule has 1 N–H and O–H groups in total. The van der Waals surface area contributed by atoms with Gasteiger partial charge < -0.3 is 14.7 Å². The first-order chi connectivity index (χ1) is 7.57. The Morgan fingerprint density at radius 3 is 2.56 bits per heavy atom. The molecule has 1 fully saturated rings. The molecule has 0 aliphatic heterocycles. The van der Waals surface area contributed by atoms with Crippen molar-refractivity contribution in [2.45, 2.75) is 44.8 Å². The maximum atomic E-state index is 11.6. The minimum atomic E-state index is -0.845. The summed E-state index contributed by atoms with van der Waals surface area (Å²) in [6.45, 7) is 1.84. The number of aliphatic hydroxyl groups is 1. The Morgan fingerprint density at radius 2 is 2.00 bits per heavy atom. The van der Waals surface area contributed by atoms with E-state index in [1.54, 1.807) is 14.0 Å². The van der Waals surface area contributed by atoms with Crippen LogP contribution in [0, 0.1) is 0 Å². The third-order valence-electron chi connectivity index (χ3n) is 2.96. The molecule has 2 atom stereocenters. The van der Waals surface area contributed by atoms with Crippen molar-refractivity contribution in [1.29, 1.82) is 0 Å². The van der Waals surface area contributed by atoms with E-state index in [1.165, 1.54) is 4.90 Å². The van der Waals surface area contributed by atoms with Gasteiger partial charge in [0.15, 0.2) is 0 Å². The highest BCUT2D eigenvalue weighted by molar-refractivity contribution is 6.32. The molecule has 1 amide bonds. The largest absolute Gasteiger partial charge is 0.459 e. The normalized spacial score (nSPS) is 24.9. The third kappa shape index (κ3) is 2.95. The van der Waals surface area contributed by atoms with E-state index in [0.717, 1.165) is 19.3 Å². The summed E-state index contributed by atoms with van der Waals surface area (Å²) in [4.78, 5) is 24.2. The molecule has 0 aromatic carbocycles. The van der Waals surface area contributed by atoms with Crippen molar-refractivity contribution in [2.24, 2.45) is 0 Å². The average Bonchev–Trinajstić information content (AvgIpc) is 2.28. The molecule has 2 unspecified atom stereocenters. The number of rotatable bonds is 2. The molecule has 0 radical (unpaired) electrons. The predicted octanol–water partition coefficient (Wildman–Crippen LogP) is 0.311. The predicted molar refractivity (Wildman–Crippen MR) is 57.7 cm³/mol. The van der Waals surface area contributed by atoms with E-state index in [9.17, 15) is 14.7 Å². The molecule has 0 bridgehead atoms. The number of nitrogens with zero attached hydrogens (tertiary/aromatic N) is 1. The fourth-order valence-corrected chi connectivity index (χ4v) is 2.03. The van der Waals surface area contributed by atoms with Crippen LogP contribution in [0.4, 0.5) is 0 Å². The third-order valence-corrected chi connectivity index (χ3v) is 2.96. The highest BCUT2D eigenvalue weighted by Gasteiger charge is 2.32. The summed E-state index contributed by atoms with van der Waals surface area (Å²) in [5, 5.41) is 9.75. The molecule has 5 nitrogen and oxygen atoms in total. The molecule has 16 heavy (non-hydrogen) atoms. The number of ether oxygens (including phenoxy) is 1. The van der Waals surface area contributed by atoms with E-state index in [2.05, 4.69) is 4.74 Å². The Bertz CT molecular complexity index is 267. The van der Waals surface area contributed by atoms with Crippen molar-refractivity contribution >= 4 is 11.9 Å². The van der Waals surface area contributed by atoms with Gasteiger partial charge in [0.1, 0.15) is 0 Å². The smallest absolute Gasteiger partial charge is 0.397 e. The summed E-state index contributed by atoms with van der Waals surface area (Å²) in [5.41, 5.74) is 0. The molecule has 1 rings (SSSR count). The topological polar surface area (TPSA) is 66.8 Å². The lowest BCUT2D eigenvalue weighted by atomic mass is 9.91. The van der Waals surface area contributed by atoms with Gasteiger partial charge >= 0.3 is 11.9 Å². The van der Waals surface area contributed by atoms with E-state index in [4.69, 9.17) is 0 Å². The number of aliphatic hydroxyl groups excluding tert-OH is 1. The van der Waals surface area contributed by atoms with E-state index in [-0.39, 0.29) is 12.6 Å². The lowest BCUT2D eigenvalue weighted by molar-refractivity contribution is -0.161. The molecule has 0 heterocycles. The van der Waals surface area contributed by atoms with Gasteiger partial charge in [-0.3, -0.25) is 4.79 Å². The number of carbonyl (C=O) groups is 2. The Labute approximate surface area is 95.4 Å². The van der Waals surface area contributed by atoms with Gasteiger partial charge in [0.2, 0.25) is 0 Å². The first-order valence-corrected chi connectivity index (χ1v) is 5.70. The lowest BCUT2D eigenvalue weighted by Crippen LogP contribution is -2.48. The molecule has 0 spiro atoms. The highest BCUT2D eigenvalue weighted by Crippen LogP contribution is 2.22. The van der Waals surface area contributed by atoms with Gasteiger partial charge in [0, 0.05) is 7.05 Å². The van der Waals surface area contributed by atoms with Crippen LogP contribution in [0.5, 0.6) is 0 Å². The van der Waals surface area contributed by atoms with Gasteiger partial charge in [-0.15, -0.1) is 0 Å². The zero-order valence-corrected chi connectivity index (χ0v) is 9.81. The maximum absolute atomic E-state index is 11.6. The molecule has 1 saturated carbocycles. The zero-order chi connectivity index (χ0) is 12.1. The van der Waals surface area contributed by atoms with Gasteiger partial charge in [-0.05, 0) is 19.8 Å². The highest BCUT2D eigenvalue weighted by atomic mass is 16.5. The van der Waals surface area contributed by atoms with Gasteiger partial charge in [0.25, 0.3) is 0 Å². The van der Waals surface area contributed by atoms with Crippen molar-refractivity contribution in [3.63, 3.8) is 0 Å². The van der Waals surface area contributed by atoms with Gasteiger partial charge in [-0.1, -0.05) is 12.8 Å². The molecular formula is C11H19NO4. The quantitative estimate of drug-likeness (QED) is 0.546. The van der Waals surface area contributed by atoms with Crippen molar-refractivity contribution < 1.29 is 19.4 Å².